The smallest absolute Gasteiger partial charge is 0.343 e. The highest BCUT2D eigenvalue weighted by Gasteiger charge is 2.14. The zero-order valence-electron chi connectivity index (χ0n) is 14.7. The molecule has 0 aliphatic carbocycles. The Balaban J connectivity index is 1.64. The Kier molecular flexibility index (Phi) is 7.01. The molecule has 0 saturated heterocycles. The van der Waals surface area contributed by atoms with Crippen molar-refractivity contribution < 1.29 is 19.1 Å². The minimum absolute atomic E-state index is 0.211. The number of ether oxygens (including phenoxy) is 2. The van der Waals surface area contributed by atoms with Crippen LogP contribution in [0.4, 0.5) is 0 Å². The first-order valence-electron chi connectivity index (χ1n) is 8.50. The van der Waals surface area contributed by atoms with Crippen molar-refractivity contribution in [1.82, 2.24) is 0 Å². The number of carbonyl (C=O) groups excluding carboxylic acids is 2. The largest absolute Gasteiger partial charge is 0.492 e. The molecule has 3 aromatic carbocycles. The van der Waals surface area contributed by atoms with Gasteiger partial charge in [-0.25, -0.2) is 4.79 Å². The zero-order chi connectivity index (χ0) is 19.9. The van der Waals surface area contributed by atoms with Crippen LogP contribution in [0.25, 0.3) is 0 Å². The van der Waals surface area contributed by atoms with Crippen LogP contribution in [0.1, 0.15) is 26.3 Å². The van der Waals surface area contributed by atoms with Gasteiger partial charge < -0.3 is 9.47 Å². The summed E-state index contributed by atoms with van der Waals surface area (Å²) in [6.07, 6.45) is 1.43. The molecule has 0 spiro atoms. The SMILES string of the molecule is O=Cc1cc(Br)ccc1OC(=O)c1ccc(OCCc2ccccc2)c(Br)c1. The summed E-state index contributed by atoms with van der Waals surface area (Å²) in [6, 6.07) is 19.9. The van der Waals surface area contributed by atoms with Crippen LogP contribution in [-0.4, -0.2) is 18.9 Å². The predicted molar refractivity (Wildman–Crippen MR) is 114 cm³/mol. The average molecular weight is 504 g/mol. The van der Waals surface area contributed by atoms with Gasteiger partial charge in [-0.15, -0.1) is 0 Å². The maximum Gasteiger partial charge on any atom is 0.343 e. The molecule has 0 amide bonds. The van der Waals surface area contributed by atoms with E-state index in [0.29, 0.717) is 34.2 Å². The number of esters is 1. The second kappa shape index (κ2) is 9.66. The molecule has 0 radical (unpaired) electrons. The van der Waals surface area contributed by atoms with E-state index < -0.39 is 5.97 Å². The first kappa shape index (κ1) is 20.3. The molecule has 4 nitrogen and oxygen atoms in total. The predicted octanol–water partition coefficient (Wildman–Crippen LogP) is 5.86. The first-order valence-corrected chi connectivity index (χ1v) is 10.1. The fraction of sp³-hybridized carbons (Fsp3) is 0.0909. The van der Waals surface area contributed by atoms with Crippen molar-refractivity contribution >= 4 is 44.1 Å². The summed E-state index contributed by atoms with van der Waals surface area (Å²) < 4.78 is 12.5. The van der Waals surface area contributed by atoms with Crippen molar-refractivity contribution in [3.8, 4) is 11.5 Å². The van der Waals surface area contributed by atoms with Crippen LogP contribution >= 0.6 is 31.9 Å². The fourth-order valence-electron chi connectivity index (χ4n) is 2.53. The molecule has 0 saturated carbocycles. The third-order valence-electron chi connectivity index (χ3n) is 3.96. The van der Waals surface area contributed by atoms with E-state index >= 15 is 0 Å². The Bertz CT molecular complexity index is 987. The van der Waals surface area contributed by atoms with Gasteiger partial charge >= 0.3 is 5.97 Å². The van der Waals surface area contributed by atoms with Gasteiger partial charge in [0.25, 0.3) is 0 Å². The molecule has 28 heavy (non-hydrogen) atoms. The third kappa shape index (κ3) is 5.30. The second-order valence-electron chi connectivity index (χ2n) is 5.92. The third-order valence-corrected chi connectivity index (χ3v) is 5.07. The van der Waals surface area contributed by atoms with Crippen molar-refractivity contribution in [3.05, 3.63) is 92.4 Å². The molecule has 0 unspecified atom stereocenters. The van der Waals surface area contributed by atoms with Gasteiger partial charge in [0.2, 0.25) is 0 Å². The molecule has 0 heterocycles. The second-order valence-corrected chi connectivity index (χ2v) is 7.69. The minimum atomic E-state index is -0.554. The Morgan fingerprint density at radius 2 is 1.68 bits per heavy atom. The van der Waals surface area contributed by atoms with Crippen molar-refractivity contribution in [1.29, 1.82) is 0 Å². The zero-order valence-corrected chi connectivity index (χ0v) is 17.9. The number of rotatable bonds is 7. The molecule has 0 fully saturated rings. The summed E-state index contributed by atoms with van der Waals surface area (Å²) in [7, 11) is 0. The van der Waals surface area contributed by atoms with Gasteiger partial charge in [-0.05, 0) is 57.9 Å². The molecule has 0 aliphatic rings. The van der Waals surface area contributed by atoms with E-state index in [4.69, 9.17) is 9.47 Å². The van der Waals surface area contributed by atoms with Gasteiger partial charge in [0.15, 0.2) is 6.29 Å². The highest BCUT2D eigenvalue weighted by atomic mass is 79.9. The van der Waals surface area contributed by atoms with Gasteiger partial charge in [-0.1, -0.05) is 46.3 Å². The van der Waals surface area contributed by atoms with E-state index in [1.54, 1.807) is 36.4 Å². The van der Waals surface area contributed by atoms with Crippen molar-refractivity contribution in [2.24, 2.45) is 0 Å². The molecular formula is C22H16Br2O4. The van der Waals surface area contributed by atoms with E-state index in [-0.39, 0.29) is 5.75 Å². The Labute approximate surface area is 179 Å². The van der Waals surface area contributed by atoms with Gasteiger partial charge in [0.05, 0.1) is 22.2 Å². The molecule has 0 bridgehead atoms. The number of halogens is 2. The molecular weight excluding hydrogens is 488 g/mol. The van der Waals surface area contributed by atoms with Crippen LogP contribution in [-0.2, 0) is 6.42 Å². The number of hydrogen-bond donors (Lipinski definition) is 0. The lowest BCUT2D eigenvalue weighted by Crippen LogP contribution is -2.10. The van der Waals surface area contributed by atoms with E-state index in [2.05, 4.69) is 31.9 Å². The van der Waals surface area contributed by atoms with Gasteiger partial charge in [0, 0.05) is 10.9 Å². The van der Waals surface area contributed by atoms with Crippen LogP contribution in [0.3, 0.4) is 0 Å². The fourth-order valence-corrected chi connectivity index (χ4v) is 3.40. The topological polar surface area (TPSA) is 52.6 Å². The summed E-state index contributed by atoms with van der Waals surface area (Å²) in [6.45, 7) is 0.522. The molecule has 0 aliphatic heterocycles. The molecule has 0 N–H and O–H groups in total. The highest BCUT2D eigenvalue weighted by Crippen LogP contribution is 2.28. The number of carbonyl (C=O) groups is 2. The average Bonchev–Trinajstić information content (AvgIpc) is 2.71. The normalized spacial score (nSPS) is 10.4. The monoisotopic (exact) mass is 502 g/mol. The molecule has 3 rings (SSSR count). The summed E-state index contributed by atoms with van der Waals surface area (Å²) in [5.41, 5.74) is 1.84. The summed E-state index contributed by atoms with van der Waals surface area (Å²) in [5, 5.41) is 0. The van der Waals surface area contributed by atoms with Crippen molar-refractivity contribution in [3.63, 3.8) is 0 Å². The van der Waals surface area contributed by atoms with Gasteiger partial charge in [-0.2, -0.15) is 0 Å². The van der Waals surface area contributed by atoms with E-state index in [1.807, 2.05) is 30.3 Å². The standard InChI is InChI=1S/C22H16Br2O4/c23-18-7-9-20(17(12-18)14-25)28-22(26)16-6-8-21(19(24)13-16)27-11-10-15-4-2-1-3-5-15/h1-9,12-14H,10-11H2. The maximum atomic E-state index is 12.4. The minimum Gasteiger partial charge on any atom is -0.492 e. The molecule has 6 heteroatoms. The lowest BCUT2D eigenvalue weighted by molar-refractivity contribution is 0.0733. The number of aldehydes is 1. The van der Waals surface area contributed by atoms with Crippen molar-refractivity contribution in [2.45, 2.75) is 6.42 Å². The lowest BCUT2D eigenvalue weighted by Gasteiger charge is -2.11. The number of hydrogen-bond acceptors (Lipinski definition) is 4. The van der Waals surface area contributed by atoms with Crippen LogP contribution in [0, 0.1) is 0 Å². The van der Waals surface area contributed by atoms with Crippen molar-refractivity contribution in [2.75, 3.05) is 6.61 Å². The Hall–Kier alpha value is -2.44. The molecule has 0 aromatic heterocycles. The summed E-state index contributed by atoms with van der Waals surface area (Å²) in [4.78, 5) is 23.6. The van der Waals surface area contributed by atoms with Gasteiger partial charge in [-0.3, -0.25) is 4.79 Å². The summed E-state index contributed by atoms with van der Waals surface area (Å²) in [5.74, 6) is 0.300. The summed E-state index contributed by atoms with van der Waals surface area (Å²) >= 11 is 6.71. The van der Waals surface area contributed by atoms with E-state index in [9.17, 15) is 9.59 Å². The highest BCUT2D eigenvalue weighted by molar-refractivity contribution is 9.10. The van der Waals surface area contributed by atoms with E-state index in [0.717, 1.165) is 10.9 Å². The van der Waals surface area contributed by atoms with Crippen LogP contribution < -0.4 is 9.47 Å². The molecule has 3 aromatic rings. The number of benzene rings is 3. The molecule has 0 atom stereocenters. The van der Waals surface area contributed by atoms with Crippen LogP contribution in [0.2, 0.25) is 0 Å². The molecule has 142 valence electrons. The van der Waals surface area contributed by atoms with E-state index in [1.165, 1.54) is 5.56 Å². The van der Waals surface area contributed by atoms with Crippen LogP contribution in [0.15, 0.2) is 75.7 Å². The van der Waals surface area contributed by atoms with Gasteiger partial charge in [0.1, 0.15) is 11.5 Å². The first-order chi connectivity index (χ1) is 13.6. The van der Waals surface area contributed by atoms with Crippen LogP contribution in [0.5, 0.6) is 11.5 Å². The Morgan fingerprint density at radius 3 is 2.39 bits per heavy atom. The quantitative estimate of drug-likeness (QED) is 0.230. The Morgan fingerprint density at radius 1 is 0.929 bits per heavy atom. The lowest BCUT2D eigenvalue weighted by atomic mass is 10.2. The maximum absolute atomic E-state index is 12.4.